The van der Waals surface area contributed by atoms with Crippen LogP contribution in [0, 0.1) is 0 Å². The molecule has 6 heteroatoms. The average Bonchev–Trinajstić information content (AvgIpc) is 3.40. The maximum absolute atomic E-state index is 12.8. The molecule has 0 radical (unpaired) electrons. The third kappa shape index (κ3) is 3.96. The van der Waals surface area contributed by atoms with Gasteiger partial charge in [-0.05, 0) is 22.6 Å². The molecule has 0 fully saturated rings. The third-order valence-electron chi connectivity index (χ3n) is 4.05. The topological polar surface area (TPSA) is 65.2 Å². The molecule has 0 aliphatic rings. The Morgan fingerprint density at radius 3 is 2.22 bits per heavy atom. The lowest BCUT2D eigenvalue weighted by molar-refractivity contribution is -0.146. The number of thiophene rings is 1. The van der Waals surface area contributed by atoms with E-state index in [4.69, 9.17) is 9.26 Å². The van der Waals surface area contributed by atoms with Crippen LogP contribution in [-0.2, 0) is 16.1 Å². The second-order valence-electron chi connectivity index (χ2n) is 5.85. The van der Waals surface area contributed by atoms with Gasteiger partial charge < -0.3 is 9.26 Å². The van der Waals surface area contributed by atoms with Crippen LogP contribution in [0.4, 0.5) is 0 Å². The minimum atomic E-state index is -0.507. The van der Waals surface area contributed by atoms with Crippen molar-refractivity contribution in [2.75, 3.05) is 0 Å². The Kier molecular flexibility index (Phi) is 5.07. The van der Waals surface area contributed by atoms with Gasteiger partial charge in [0.05, 0.1) is 4.88 Å². The van der Waals surface area contributed by atoms with Crippen molar-refractivity contribution >= 4 is 17.3 Å². The van der Waals surface area contributed by atoms with E-state index in [1.165, 1.54) is 11.3 Å². The molecular weight excluding hydrogens is 360 g/mol. The molecule has 0 aliphatic carbocycles. The van der Waals surface area contributed by atoms with Crippen molar-refractivity contribution in [3.05, 3.63) is 95.2 Å². The van der Waals surface area contributed by atoms with Gasteiger partial charge in [-0.3, -0.25) is 4.79 Å². The monoisotopic (exact) mass is 376 g/mol. The Hall–Kier alpha value is -3.25. The summed E-state index contributed by atoms with van der Waals surface area (Å²) in [6.07, 6.45) is 0. The Bertz CT molecular complexity index is 959. The third-order valence-corrected chi connectivity index (χ3v) is 4.91. The molecule has 4 rings (SSSR count). The van der Waals surface area contributed by atoms with Crippen LogP contribution in [0.3, 0.4) is 0 Å². The maximum Gasteiger partial charge on any atom is 0.318 e. The van der Waals surface area contributed by atoms with Gasteiger partial charge in [0.1, 0.15) is 5.92 Å². The fourth-order valence-corrected chi connectivity index (χ4v) is 3.44. The van der Waals surface area contributed by atoms with Crippen LogP contribution in [-0.4, -0.2) is 16.1 Å². The van der Waals surface area contributed by atoms with E-state index >= 15 is 0 Å². The van der Waals surface area contributed by atoms with Crippen LogP contribution < -0.4 is 0 Å². The lowest BCUT2D eigenvalue weighted by Crippen LogP contribution is -2.17. The number of hydrogen-bond acceptors (Lipinski definition) is 6. The molecule has 0 saturated carbocycles. The highest BCUT2D eigenvalue weighted by Gasteiger charge is 2.25. The van der Waals surface area contributed by atoms with E-state index in [1.807, 2.05) is 78.2 Å². The van der Waals surface area contributed by atoms with Gasteiger partial charge in [-0.25, -0.2) is 0 Å². The summed E-state index contributed by atoms with van der Waals surface area (Å²) < 4.78 is 10.7. The van der Waals surface area contributed by atoms with Gasteiger partial charge in [0.15, 0.2) is 6.61 Å². The molecule has 134 valence electrons. The minimum absolute atomic E-state index is 0.0621. The SMILES string of the molecule is O=C(OCc1nc(-c2cccs2)no1)C(c1ccccc1)c1ccccc1. The predicted octanol–water partition coefficient (Wildman–Crippen LogP) is 4.67. The zero-order valence-electron chi connectivity index (χ0n) is 14.3. The molecule has 2 aromatic carbocycles. The number of esters is 1. The van der Waals surface area contributed by atoms with Crippen LogP contribution >= 0.6 is 11.3 Å². The Morgan fingerprint density at radius 2 is 1.63 bits per heavy atom. The molecule has 2 aromatic heterocycles. The Morgan fingerprint density at radius 1 is 0.963 bits per heavy atom. The normalized spacial score (nSPS) is 10.9. The highest BCUT2D eigenvalue weighted by molar-refractivity contribution is 7.13. The van der Waals surface area contributed by atoms with Gasteiger partial charge in [0.2, 0.25) is 5.82 Å². The smallest absolute Gasteiger partial charge is 0.318 e. The first-order chi connectivity index (χ1) is 13.3. The van der Waals surface area contributed by atoms with Crippen LogP contribution in [0.5, 0.6) is 0 Å². The van der Waals surface area contributed by atoms with Crippen molar-refractivity contribution < 1.29 is 14.1 Å². The van der Waals surface area contributed by atoms with Crippen molar-refractivity contribution in [3.8, 4) is 10.7 Å². The quantitative estimate of drug-likeness (QED) is 0.457. The van der Waals surface area contributed by atoms with Crippen molar-refractivity contribution in [1.82, 2.24) is 10.1 Å². The number of hydrogen-bond donors (Lipinski definition) is 0. The first-order valence-electron chi connectivity index (χ1n) is 8.44. The lowest BCUT2D eigenvalue weighted by Gasteiger charge is -2.16. The van der Waals surface area contributed by atoms with E-state index in [2.05, 4.69) is 10.1 Å². The molecule has 27 heavy (non-hydrogen) atoms. The molecule has 5 nitrogen and oxygen atoms in total. The molecule has 0 saturated heterocycles. The molecular formula is C21H16N2O3S. The van der Waals surface area contributed by atoms with Crippen molar-refractivity contribution in [2.24, 2.45) is 0 Å². The molecule has 4 aromatic rings. The highest BCUT2D eigenvalue weighted by Crippen LogP contribution is 2.27. The molecule has 2 heterocycles. The minimum Gasteiger partial charge on any atom is -0.455 e. The summed E-state index contributed by atoms with van der Waals surface area (Å²) in [5.74, 6) is -0.0966. The van der Waals surface area contributed by atoms with Gasteiger partial charge in [-0.15, -0.1) is 11.3 Å². The molecule has 0 unspecified atom stereocenters. The summed E-state index contributed by atoms with van der Waals surface area (Å²) >= 11 is 1.52. The highest BCUT2D eigenvalue weighted by atomic mass is 32.1. The second-order valence-corrected chi connectivity index (χ2v) is 6.80. The second kappa shape index (κ2) is 7.97. The van der Waals surface area contributed by atoms with Crippen LogP contribution in [0.1, 0.15) is 22.9 Å². The zero-order chi connectivity index (χ0) is 18.5. The molecule has 0 amide bonds. The summed E-state index contributed by atoms with van der Waals surface area (Å²) in [5, 5.41) is 5.87. The molecule has 0 atom stereocenters. The Balaban J connectivity index is 1.51. The van der Waals surface area contributed by atoms with Gasteiger partial charge in [-0.1, -0.05) is 71.9 Å². The van der Waals surface area contributed by atoms with E-state index in [0.29, 0.717) is 5.82 Å². The van der Waals surface area contributed by atoms with Crippen molar-refractivity contribution in [2.45, 2.75) is 12.5 Å². The van der Waals surface area contributed by atoms with E-state index in [0.717, 1.165) is 16.0 Å². The number of rotatable bonds is 6. The first-order valence-corrected chi connectivity index (χ1v) is 9.32. The van der Waals surface area contributed by atoms with Gasteiger partial charge >= 0.3 is 5.97 Å². The Labute approximate surface area is 160 Å². The number of carbonyl (C=O) groups is 1. The molecule has 0 N–H and O–H groups in total. The van der Waals surface area contributed by atoms with Crippen LogP contribution in [0.25, 0.3) is 10.7 Å². The maximum atomic E-state index is 12.8. The summed E-state index contributed by atoms with van der Waals surface area (Å²) in [7, 11) is 0. The van der Waals surface area contributed by atoms with Gasteiger partial charge in [-0.2, -0.15) is 4.98 Å². The fraction of sp³-hybridized carbons (Fsp3) is 0.0952. The number of aromatic nitrogens is 2. The number of ether oxygens (including phenoxy) is 1. The summed E-state index contributed by atoms with van der Waals surface area (Å²) in [6.45, 7) is -0.0621. The van der Waals surface area contributed by atoms with Crippen LogP contribution in [0.2, 0.25) is 0 Å². The van der Waals surface area contributed by atoms with Gasteiger partial charge in [0, 0.05) is 0 Å². The lowest BCUT2D eigenvalue weighted by atomic mass is 9.91. The summed E-state index contributed by atoms with van der Waals surface area (Å²) in [4.78, 5) is 18.0. The predicted molar refractivity (Wildman–Crippen MR) is 102 cm³/mol. The average molecular weight is 376 g/mol. The van der Waals surface area contributed by atoms with E-state index < -0.39 is 5.92 Å². The summed E-state index contributed by atoms with van der Waals surface area (Å²) in [6, 6.07) is 23.0. The summed E-state index contributed by atoms with van der Waals surface area (Å²) in [5.41, 5.74) is 1.75. The van der Waals surface area contributed by atoms with E-state index in [1.54, 1.807) is 0 Å². The fourth-order valence-electron chi connectivity index (χ4n) is 2.79. The molecule has 0 bridgehead atoms. The largest absolute Gasteiger partial charge is 0.455 e. The molecule has 0 aliphatic heterocycles. The van der Waals surface area contributed by atoms with Crippen molar-refractivity contribution in [3.63, 3.8) is 0 Å². The zero-order valence-corrected chi connectivity index (χ0v) is 15.1. The van der Waals surface area contributed by atoms with E-state index in [-0.39, 0.29) is 18.5 Å². The van der Waals surface area contributed by atoms with Gasteiger partial charge in [0.25, 0.3) is 5.89 Å². The number of carbonyl (C=O) groups excluding carboxylic acids is 1. The number of benzene rings is 2. The van der Waals surface area contributed by atoms with E-state index in [9.17, 15) is 4.79 Å². The first kappa shape index (κ1) is 17.2. The van der Waals surface area contributed by atoms with Crippen molar-refractivity contribution in [1.29, 1.82) is 0 Å². The number of nitrogens with zero attached hydrogens (tertiary/aromatic N) is 2. The molecule has 0 spiro atoms. The van der Waals surface area contributed by atoms with Crippen LogP contribution in [0.15, 0.2) is 82.7 Å². The standard InChI is InChI=1S/C21H16N2O3S/c24-21(25-14-18-22-20(23-26-18)17-12-7-13-27-17)19(15-8-3-1-4-9-15)16-10-5-2-6-11-16/h1-13,19H,14H2.